The van der Waals surface area contributed by atoms with Crippen LogP contribution in [0.4, 0.5) is 0 Å². The Morgan fingerprint density at radius 2 is 2.07 bits per heavy atom. The highest BCUT2D eigenvalue weighted by Crippen LogP contribution is 2.31. The normalized spacial score (nSPS) is 37.1. The molecule has 2 saturated heterocycles. The van der Waals surface area contributed by atoms with Crippen molar-refractivity contribution in [3.05, 3.63) is 36.5 Å². The topological polar surface area (TPSA) is 24.6 Å². The molecule has 76 valence electrons. The van der Waals surface area contributed by atoms with E-state index in [2.05, 4.69) is 17.5 Å². The first-order valence-electron chi connectivity index (χ1n) is 5.27. The summed E-state index contributed by atoms with van der Waals surface area (Å²) < 4.78 is 5.52. The number of piperidine rings is 1. The van der Waals surface area contributed by atoms with Crippen molar-refractivity contribution in [3.8, 4) is 0 Å². The summed E-state index contributed by atoms with van der Waals surface area (Å²) in [5.74, 6) is 0. The lowest BCUT2D eigenvalue weighted by molar-refractivity contribution is 0.366. The Morgan fingerprint density at radius 3 is 2.93 bits per heavy atom. The highest BCUT2D eigenvalue weighted by atomic mass is 16.6. The van der Waals surface area contributed by atoms with E-state index in [1.54, 1.807) is 0 Å². The molecular formula is C12H17NO. The van der Waals surface area contributed by atoms with Crippen molar-refractivity contribution >= 4 is 0 Å². The first-order valence-corrected chi connectivity index (χ1v) is 5.27. The molecule has 0 radical (unpaired) electrons. The number of allylic oxidation sites excluding steroid dienone is 5. The molecule has 2 aliphatic heterocycles. The molecule has 0 aromatic heterocycles. The minimum Gasteiger partial charge on any atom is -0.367 e. The minimum atomic E-state index is 0.420. The maximum atomic E-state index is 5.52. The quantitative estimate of drug-likeness (QED) is 0.543. The fourth-order valence-corrected chi connectivity index (χ4v) is 1.81. The number of ether oxygens (including phenoxy) is 1. The van der Waals surface area contributed by atoms with Gasteiger partial charge in [0.2, 0.25) is 0 Å². The molecular weight excluding hydrogens is 174 g/mol. The molecule has 0 bridgehead atoms. The third-order valence-electron chi connectivity index (χ3n) is 2.63. The van der Waals surface area contributed by atoms with Crippen LogP contribution in [0.15, 0.2) is 36.5 Å². The van der Waals surface area contributed by atoms with Crippen LogP contribution in [0.25, 0.3) is 0 Å². The number of hydrogen-bond acceptors (Lipinski definition) is 2. The molecule has 0 aromatic rings. The molecule has 2 rings (SSSR count). The predicted octanol–water partition coefficient (Wildman–Crippen LogP) is 1.80. The van der Waals surface area contributed by atoms with Crippen molar-refractivity contribution < 1.29 is 4.74 Å². The Bertz CT molecular complexity index is 267. The van der Waals surface area contributed by atoms with Gasteiger partial charge in [0.15, 0.2) is 0 Å². The Balaban J connectivity index is 1.79. The SMILES string of the molecule is C/C=C/C=C/C=C/C1NCCC2OC12. The van der Waals surface area contributed by atoms with E-state index in [1.165, 1.54) is 6.42 Å². The summed E-state index contributed by atoms with van der Waals surface area (Å²) in [5.41, 5.74) is 0. The summed E-state index contributed by atoms with van der Waals surface area (Å²) in [6.07, 6.45) is 14.5. The molecule has 0 aliphatic carbocycles. The molecule has 0 saturated carbocycles. The summed E-state index contributed by atoms with van der Waals surface area (Å²) in [6, 6.07) is 0.420. The van der Waals surface area contributed by atoms with Gasteiger partial charge in [-0.1, -0.05) is 36.5 Å². The first kappa shape index (κ1) is 9.69. The van der Waals surface area contributed by atoms with Gasteiger partial charge >= 0.3 is 0 Å². The van der Waals surface area contributed by atoms with E-state index in [1.807, 2.05) is 31.2 Å². The van der Waals surface area contributed by atoms with Crippen molar-refractivity contribution in [2.75, 3.05) is 6.54 Å². The smallest absolute Gasteiger partial charge is 0.103 e. The molecule has 2 heterocycles. The summed E-state index contributed by atoms with van der Waals surface area (Å²) in [5, 5.41) is 3.44. The molecule has 3 atom stereocenters. The molecule has 2 aliphatic rings. The van der Waals surface area contributed by atoms with Crippen molar-refractivity contribution in [3.63, 3.8) is 0 Å². The molecule has 2 fully saturated rings. The van der Waals surface area contributed by atoms with Gasteiger partial charge in [-0.25, -0.2) is 0 Å². The van der Waals surface area contributed by atoms with E-state index in [0.29, 0.717) is 18.2 Å². The third-order valence-corrected chi connectivity index (χ3v) is 2.63. The summed E-state index contributed by atoms with van der Waals surface area (Å²) in [6.45, 7) is 3.09. The summed E-state index contributed by atoms with van der Waals surface area (Å²) in [7, 11) is 0. The highest BCUT2D eigenvalue weighted by Gasteiger charge is 2.45. The van der Waals surface area contributed by atoms with E-state index in [4.69, 9.17) is 4.74 Å². The van der Waals surface area contributed by atoms with Crippen LogP contribution in [0.1, 0.15) is 13.3 Å². The average Bonchev–Trinajstić information content (AvgIpc) is 2.97. The van der Waals surface area contributed by atoms with Crippen LogP contribution in [0.2, 0.25) is 0 Å². The number of rotatable bonds is 3. The lowest BCUT2D eigenvalue weighted by atomic mass is 10.0. The van der Waals surface area contributed by atoms with Gasteiger partial charge in [0.25, 0.3) is 0 Å². The van der Waals surface area contributed by atoms with Gasteiger partial charge in [-0.05, 0) is 19.9 Å². The van der Waals surface area contributed by atoms with Crippen molar-refractivity contribution in [1.29, 1.82) is 0 Å². The molecule has 14 heavy (non-hydrogen) atoms. The maximum Gasteiger partial charge on any atom is 0.103 e. The zero-order valence-electron chi connectivity index (χ0n) is 8.52. The average molecular weight is 191 g/mol. The van der Waals surface area contributed by atoms with Gasteiger partial charge in [-0.15, -0.1) is 0 Å². The summed E-state index contributed by atoms with van der Waals surface area (Å²) >= 11 is 0. The van der Waals surface area contributed by atoms with Crippen LogP contribution in [0, 0.1) is 0 Å². The Hall–Kier alpha value is -0.860. The van der Waals surface area contributed by atoms with E-state index < -0.39 is 0 Å². The molecule has 2 nitrogen and oxygen atoms in total. The maximum absolute atomic E-state index is 5.52. The van der Waals surface area contributed by atoms with E-state index in [-0.39, 0.29) is 0 Å². The monoisotopic (exact) mass is 191 g/mol. The number of nitrogens with one attached hydrogen (secondary N) is 1. The molecule has 1 N–H and O–H groups in total. The molecule has 0 aromatic carbocycles. The standard InChI is InChI=1S/C12H17NO/c1-2-3-4-5-6-7-10-12-11(14-12)8-9-13-10/h2-7,10-13H,8-9H2,1H3/b3-2+,5-4+,7-6+. The Labute approximate surface area is 85.3 Å². The van der Waals surface area contributed by atoms with Gasteiger partial charge in [0, 0.05) is 0 Å². The zero-order valence-corrected chi connectivity index (χ0v) is 8.52. The lowest BCUT2D eigenvalue weighted by Crippen LogP contribution is -2.38. The lowest BCUT2D eigenvalue weighted by Gasteiger charge is -2.15. The molecule has 3 unspecified atom stereocenters. The second-order valence-electron chi connectivity index (χ2n) is 3.70. The van der Waals surface area contributed by atoms with Crippen molar-refractivity contribution in [2.24, 2.45) is 0 Å². The number of hydrogen-bond donors (Lipinski definition) is 1. The Morgan fingerprint density at radius 1 is 1.21 bits per heavy atom. The molecule has 0 spiro atoms. The van der Waals surface area contributed by atoms with Crippen LogP contribution >= 0.6 is 0 Å². The fraction of sp³-hybridized carbons (Fsp3) is 0.500. The summed E-state index contributed by atoms with van der Waals surface area (Å²) in [4.78, 5) is 0. The van der Waals surface area contributed by atoms with Gasteiger partial charge in [-0.3, -0.25) is 0 Å². The van der Waals surface area contributed by atoms with Gasteiger partial charge in [0.05, 0.1) is 12.1 Å². The fourth-order valence-electron chi connectivity index (χ4n) is 1.81. The van der Waals surface area contributed by atoms with Crippen LogP contribution in [-0.4, -0.2) is 24.8 Å². The van der Waals surface area contributed by atoms with Crippen molar-refractivity contribution in [2.45, 2.75) is 31.6 Å². The van der Waals surface area contributed by atoms with Crippen LogP contribution in [0.3, 0.4) is 0 Å². The second-order valence-corrected chi connectivity index (χ2v) is 3.70. The van der Waals surface area contributed by atoms with Crippen LogP contribution in [0.5, 0.6) is 0 Å². The third kappa shape index (κ3) is 2.34. The van der Waals surface area contributed by atoms with E-state index in [9.17, 15) is 0 Å². The van der Waals surface area contributed by atoms with Gasteiger partial charge in [-0.2, -0.15) is 0 Å². The largest absolute Gasteiger partial charge is 0.367 e. The first-order chi connectivity index (χ1) is 6.92. The molecule has 2 heteroatoms. The van der Waals surface area contributed by atoms with E-state index in [0.717, 1.165) is 6.54 Å². The zero-order chi connectivity index (χ0) is 9.80. The van der Waals surface area contributed by atoms with Crippen molar-refractivity contribution in [1.82, 2.24) is 5.32 Å². The predicted molar refractivity (Wildman–Crippen MR) is 58.2 cm³/mol. The van der Waals surface area contributed by atoms with Crippen LogP contribution in [-0.2, 0) is 4.74 Å². The minimum absolute atomic E-state index is 0.420. The number of fused-ring (bicyclic) bond motifs is 1. The van der Waals surface area contributed by atoms with Crippen LogP contribution < -0.4 is 5.32 Å². The van der Waals surface area contributed by atoms with Gasteiger partial charge in [0.1, 0.15) is 6.10 Å². The second kappa shape index (κ2) is 4.58. The molecule has 0 amide bonds. The highest BCUT2D eigenvalue weighted by molar-refractivity contribution is 5.16. The van der Waals surface area contributed by atoms with Gasteiger partial charge < -0.3 is 10.1 Å². The number of epoxide rings is 1. The Kier molecular flexibility index (Phi) is 3.17. The van der Waals surface area contributed by atoms with E-state index >= 15 is 0 Å².